The SMILES string of the molecule is Cc1c(C(=O)O)c2cccc(F)c2c(=O)n1Cc1nccs1. The molecule has 7 heteroatoms. The number of nitrogens with zero attached hydrogens (tertiary/aromatic N) is 2. The van der Waals surface area contributed by atoms with Gasteiger partial charge >= 0.3 is 5.97 Å². The first-order chi connectivity index (χ1) is 10.5. The predicted molar refractivity (Wildman–Crippen MR) is 81.1 cm³/mol. The number of carboxylic acid groups (broad SMARTS) is 1. The molecule has 5 nitrogen and oxygen atoms in total. The number of hydrogen-bond donors (Lipinski definition) is 1. The molecular formula is C15H11FN2O3S. The summed E-state index contributed by atoms with van der Waals surface area (Å²) in [7, 11) is 0. The Hall–Kier alpha value is -2.54. The number of rotatable bonds is 3. The number of aromatic carboxylic acids is 1. The van der Waals surface area contributed by atoms with Crippen LogP contribution in [0.25, 0.3) is 10.8 Å². The fourth-order valence-corrected chi connectivity index (χ4v) is 3.10. The Morgan fingerprint density at radius 1 is 1.45 bits per heavy atom. The Labute approximate surface area is 128 Å². The molecule has 0 fully saturated rings. The number of fused-ring (bicyclic) bond motifs is 1. The Kier molecular flexibility index (Phi) is 3.50. The molecule has 0 atom stereocenters. The monoisotopic (exact) mass is 318 g/mol. The molecule has 1 N–H and O–H groups in total. The minimum absolute atomic E-state index is 0.0642. The minimum Gasteiger partial charge on any atom is -0.478 e. The normalized spacial score (nSPS) is 11.0. The number of benzene rings is 1. The molecule has 0 saturated carbocycles. The van der Waals surface area contributed by atoms with Crippen molar-refractivity contribution in [3.8, 4) is 0 Å². The number of carbonyl (C=O) groups is 1. The maximum atomic E-state index is 14.1. The van der Waals surface area contributed by atoms with Crippen molar-refractivity contribution in [2.45, 2.75) is 13.5 Å². The smallest absolute Gasteiger partial charge is 0.338 e. The van der Waals surface area contributed by atoms with Crippen molar-refractivity contribution in [3.05, 3.63) is 62.2 Å². The third kappa shape index (κ3) is 2.19. The van der Waals surface area contributed by atoms with Crippen LogP contribution in [0.3, 0.4) is 0 Å². The van der Waals surface area contributed by atoms with Gasteiger partial charge in [0.2, 0.25) is 0 Å². The number of halogens is 1. The van der Waals surface area contributed by atoms with Crippen LogP contribution < -0.4 is 5.56 Å². The number of thiazole rings is 1. The van der Waals surface area contributed by atoms with E-state index in [1.165, 1.54) is 28.0 Å². The summed E-state index contributed by atoms with van der Waals surface area (Å²) < 4.78 is 15.3. The molecule has 1 aromatic carbocycles. The van der Waals surface area contributed by atoms with Crippen molar-refractivity contribution in [2.75, 3.05) is 0 Å². The van der Waals surface area contributed by atoms with Crippen LogP contribution in [0, 0.1) is 12.7 Å². The van der Waals surface area contributed by atoms with E-state index in [0.717, 1.165) is 6.07 Å². The summed E-state index contributed by atoms with van der Waals surface area (Å²) in [5.74, 6) is -1.92. The van der Waals surface area contributed by atoms with Gasteiger partial charge in [-0.2, -0.15) is 0 Å². The van der Waals surface area contributed by atoms with Crippen molar-refractivity contribution in [2.24, 2.45) is 0 Å². The molecule has 0 aliphatic carbocycles. The summed E-state index contributed by atoms with van der Waals surface area (Å²) >= 11 is 1.35. The zero-order valence-electron chi connectivity index (χ0n) is 11.5. The molecule has 2 heterocycles. The Balaban J connectivity index is 2.40. The van der Waals surface area contributed by atoms with Crippen LogP contribution in [-0.2, 0) is 6.54 Å². The quantitative estimate of drug-likeness (QED) is 0.806. The van der Waals surface area contributed by atoms with Crippen LogP contribution in [0.2, 0.25) is 0 Å². The van der Waals surface area contributed by atoms with Gasteiger partial charge in [0.15, 0.2) is 0 Å². The first-order valence-corrected chi connectivity index (χ1v) is 7.32. The summed E-state index contributed by atoms with van der Waals surface area (Å²) in [4.78, 5) is 28.2. The van der Waals surface area contributed by atoms with Crippen molar-refractivity contribution in [1.29, 1.82) is 0 Å². The maximum absolute atomic E-state index is 14.1. The van der Waals surface area contributed by atoms with Gasteiger partial charge < -0.3 is 9.67 Å². The van der Waals surface area contributed by atoms with Gasteiger partial charge in [0.05, 0.1) is 17.5 Å². The first-order valence-electron chi connectivity index (χ1n) is 6.44. The van der Waals surface area contributed by atoms with E-state index in [0.29, 0.717) is 5.01 Å². The van der Waals surface area contributed by atoms with Crippen LogP contribution in [0.1, 0.15) is 21.1 Å². The lowest BCUT2D eigenvalue weighted by atomic mass is 10.0. The fourth-order valence-electron chi connectivity index (χ4n) is 2.49. The molecule has 0 bridgehead atoms. The molecule has 112 valence electrons. The Morgan fingerprint density at radius 2 is 2.23 bits per heavy atom. The molecule has 0 saturated heterocycles. The van der Waals surface area contributed by atoms with Crippen molar-refractivity contribution >= 4 is 28.1 Å². The molecule has 0 spiro atoms. The molecule has 22 heavy (non-hydrogen) atoms. The maximum Gasteiger partial charge on any atom is 0.338 e. The average molecular weight is 318 g/mol. The third-order valence-corrected chi connectivity index (χ3v) is 4.26. The largest absolute Gasteiger partial charge is 0.478 e. The Bertz CT molecular complexity index is 932. The highest BCUT2D eigenvalue weighted by Crippen LogP contribution is 2.22. The van der Waals surface area contributed by atoms with E-state index in [9.17, 15) is 19.1 Å². The van der Waals surface area contributed by atoms with E-state index in [1.807, 2.05) is 0 Å². The summed E-state index contributed by atoms with van der Waals surface area (Å²) in [6, 6.07) is 4.00. The molecular weight excluding hydrogens is 307 g/mol. The van der Waals surface area contributed by atoms with Crippen LogP contribution in [-0.4, -0.2) is 20.6 Å². The Morgan fingerprint density at radius 3 is 2.86 bits per heavy atom. The molecule has 0 radical (unpaired) electrons. The topological polar surface area (TPSA) is 72.2 Å². The van der Waals surface area contributed by atoms with Crippen molar-refractivity contribution < 1.29 is 14.3 Å². The van der Waals surface area contributed by atoms with Gasteiger partial charge in [-0.25, -0.2) is 14.2 Å². The van der Waals surface area contributed by atoms with Crippen molar-refractivity contribution in [3.63, 3.8) is 0 Å². The molecule has 3 rings (SSSR count). The van der Waals surface area contributed by atoms with Gasteiger partial charge in [0.25, 0.3) is 5.56 Å². The van der Waals surface area contributed by atoms with Gasteiger partial charge in [-0.15, -0.1) is 11.3 Å². The number of carboxylic acids is 1. The lowest BCUT2D eigenvalue weighted by molar-refractivity contribution is 0.0697. The van der Waals surface area contributed by atoms with Gasteiger partial charge in [0.1, 0.15) is 10.8 Å². The van der Waals surface area contributed by atoms with E-state index in [-0.39, 0.29) is 28.6 Å². The van der Waals surface area contributed by atoms with Crippen LogP contribution in [0.5, 0.6) is 0 Å². The summed E-state index contributed by atoms with van der Waals surface area (Å²) in [5, 5.41) is 11.8. The highest BCUT2D eigenvalue weighted by molar-refractivity contribution is 7.09. The van der Waals surface area contributed by atoms with Gasteiger partial charge in [0, 0.05) is 22.7 Å². The van der Waals surface area contributed by atoms with E-state index >= 15 is 0 Å². The summed E-state index contributed by atoms with van der Waals surface area (Å²) in [6.07, 6.45) is 1.60. The highest BCUT2D eigenvalue weighted by atomic mass is 32.1. The minimum atomic E-state index is -1.19. The molecule has 0 unspecified atom stereocenters. The van der Waals surface area contributed by atoms with E-state index in [4.69, 9.17) is 0 Å². The van der Waals surface area contributed by atoms with E-state index < -0.39 is 17.3 Å². The lowest BCUT2D eigenvalue weighted by Crippen LogP contribution is -2.26. The third-order valence-electron chi connectivity index (χ3n) is 3.50. The molecule has 0 aliphatic rings. The average Bonchev–Trinajstić information content (AvgIpc) is 2.96. The van der Waals surface area contributed by atoms with Gasteiger partial charge in [-0.1, -0.05) is 12.1 Å². The highest BCUT2D eigenvalue weighted by Gasteiger charge is 2.21. The molecule has 2 aromatic heterocycles. The van der Waals surface area contributed by atoms with Crippen LogP contribution >= 0.6 is 11.3 Å². The number of aromatic nitrogens is 2. The zero-order valence-corrected chi connectivity index (χ0v) is 12.4. The second-order valence-corrected chi connectivity index (χ2v) is 5.72. The summed E-state index contributed by atoms with van der Waals surface area (Å²) in [5.41, 5.74) is -0.331. The lowest BCUT2D eigenvalue weighted by Gasteiger charge is -2.14. The second-order valence-electron chi connectivity index (χ2n) is 4.75. The van der Waals surface area contributed by atoms with Gasteiger partial charge in [-0.05, 0) is 13.0 Å². The van der Waals surface area contributed by atoms with Crippen molar-refractivity contribution in [1.82, 2.24) is 9.55 Å². The van der Waals surface area contributed by atoms with E-state index in [1.54, 1.807) is 18.5 Å². The van der Waals surface area contributed by atoms with E-state index in [2.05, 4.69) is 4.98 Å². The van der Waals surface area contributed by atoms with Gasteiger partial charge in [-0.3, -0.25) is 4.79 Å². The first kappa shape index (κ1) is 14.4. The standard InChI is InChI=1S/C15H11FN2O3S/c1-8-12(15(20)21)9-3-2-4-10(16)13(9)14(19)18(8)7-11-17-5-6-22-11/h2-6H,7H2,1H3,(H,20,21). The molecule has 3 aromatic rings. The zero-order chi connectivity index (χ0) is 15.9. The second kappa shape index (κ2) is 5.34. The predicted octanol–water partition coefficient (Wildman–Crippen LogP) is 2.65. The molecule has 0 amide bonds. The fraction of sp³-hybridized carbons (Fsp3) is 0.133. The van der Waals surface area contributed by atoms with Crippen LogP contribution in [0.15, 0.2) is 34.6 Å². The van der Waals surface area contributed by atoms with Crippen LogP contribution in [0.4, 0.5) is 4.39 Å². The molecule has 0 aliphatic heterocycles. The summed E-state index contributed by atoms with van der Waals surface area (Å²) in [6.45, 7) is 1.66. The number of pyridine rings is 1. The number of hydrogen-bond acceptors (Lipinski definition) is 4.